The minimum absolute atomic E-state index is 0.217. The Morgan fingerprint density at radius 2 is 1.50 bits per heavy atom. The van der Waals surface area contributed by atoms with E-state index in [1.165, 1.54) is 18.2 Å². The van der Waals surface area contributed by atoms with Gasteiger partial charge >= 0.3 is 36.0 Å². The summed E-state index contributed by atoms with van der Waals surface area (Å²) in [5, 5.41) is 10.3. The molecule has 216 valence electrons. The van der Waals surface area contributed by atoms with Crippen LogP contribution in [0.4, 0.5) is 10.8 Å². The first-order valence-electron chi connectivity index (χ1n) is 11.3. The summed E-state index contributed by atoms with van der Waals surface area (Å²) in [5.74, 6) is -3.25. The third-order valence-corrected chi connectivity index (χ3v) is 5.64. The number of rotatable bonds is 8. The lowest BCUT2D eigenvalue weighted by molar-refractivity contribution is -0.724. The normalized spacial score (nSPS) is 22.0. The summed E-state index contributed by atoms with van der Waals surface area (Å²) in [7, 11) is 0. The van der Waals surface area contributed by atoms with Gasteiger partial charge in [0.2, 0.25) is 17.7 Å². The zero-order chi connectivity index (χ0) is 29.6. The Balaban J connectivity index is 1.84. The van der Waals surface area contributed by atoms with Gasteiger partial charge in [-0.05, 0) is 6.07 Å². The van der Waals surface area contributed by atoms with Crippen molar-refractivity contribution in [3.63, 3.8) is 0 Å². The van der Waals surface area contributed by atoms with Gasteiger partial charge in [0.25, 0.3) is 5.69 Å². The van der Waals surface area contributed by atoms with E-state index in [9.17, 15) is 24.0 Å². The van der Waals surface area contributed by atoms with Crippen LogP contribution in [0, 0.1) is 0 Å². The summed E-state index contributed by atoms with van der Waals surface area (Å²) in [6.07, 6.45) is -8.88. The van der Waals surface area contributed by atoms with E-state index >= 15 is 0 Å². The van der Waals surface area contributed by atoms with E-state index in [2.05, 4.69) is 15.7 Å². The standard InChI is InChI=1S/C22H22Cl2N4O12/c1-9(29)34-8-16-17(35-10(2)30)18(36-11(3)31)19(37-12(4)32)20(38-16)39-22(33)25-21-26-28(27-40-21)13-5-6-14(23)15(24)7-13/h5-7,16-20H,8H2,1-4H3/p+1/t16-,17+,18+,19-,20+/m1/s1. The van der Waals surface area contributed by atoms with E-state index in [0.29, 0.717) is 10.7 Å². The number of anilines is 1. The van der Waals surface area contributed by atoms with Gasteiger partial charge in [0.1, 0.15) is 17.5 Å². The number of nitrogens with one attached hydrogen (secondary N) is 1. The van der Waals surface area contributed by atoms with Crippen LogP contribution in [0.3, 0.4) is 0 Å². The molecule has 2 aromatic rings. The lowest BCUT2D eigenvalue weighted by atomic mass is 9.98. The maximum absolute atomic E-state index is 12.7. The molecule has 0 saturated carbocycles. The highest BCUT2D eigenvalue weighted by Crippen LogP contribution is 2.30. The van der Waals surface area contributed by atoms with Gasteiger partial charge in [0.05, 0.1) is 15.1 Å². The molecule has 1 aliphatic rings. The fourth-order valence-electron chi connectivity index (χ4n) is 3.47. The molecule has 0 aliphatic carbocycles. The molecular weight excluding hydrogens is 583 g/mol. The number of hydrogen-bond acceptors (Lipinski definition) is 14. The zero-order valence-electron chi connectivity index (χ0n) is 21.3. The Morgan fingerprint density at radius 1 is 0.875 bits per heavy atom. The number of esters is 4. The molecule has 40 heavy (non-hydrogen) atoms. The Hall–Kier alpha value is -4.02. The summed E-state index contributed by atoms with van der Waals surface area (Å²) in [6, 6.07) is 4.04. The second-order valence-electron chi connectivity index (χ2n) is 8.06. The first-order valence-corrected chi connectivity index (χ1v) is 12.1. The number of carbonyl (C=O) groups excluding carboxylic acids is 5. The van der Waals surface area contributed by atoms with Crippen molar-refractivity contribution in [2.45, 2.75) is 58.4 Å². The van der Waals surface area contributed by atoms with Crippen LogP contribution in [0.25, 0.3) is 5.69 Å². The number of benzene rings is 1. The molecule has 0 unspecified atom stereocenters. The second kappa shape index (κ2) is 13.4. The zero-order valence-corrected chi connectivity index (χ0v) is 22.8. The number of carbonyl (C=O) groups is 5. The van der Waals surface area contributed by atoms with Gasteiger partial charge < -0.3 is 28.4 Å². The van der Waals surface area contributed by atoms with Crippen molar-refractivity contribution in [2.75, 3.05) is 11.9 Å². The Labute approximate surface area is 235 Å². The Kier molecular flexibility index (Phi) is 10.2. The highest BCUT2D eigenvalue weighted by Gasteiger charge is 2.54. The monoisotopic (exact) mass is 605 g/mol. The van der Waals surface area contributed by atoms with Crippen molar-refractivity contribution in [2.24, 2.45) is 0 Å². The molecule has 0 radical (unpaired) electrons. The summed E-state index contributed by atoms with van der Waals surface area (Å²) >= 11 is 11.9. The summed E-state index contributed by atoms with van der Waals surface area (Å²) in [5.41, 5.74) is 0.346. The molecular formula is C22H23Cl2N4O12+. The fraction of sp³-hybridized carbons (Fsp3) is 0.455. The van der Waals surface area contributed by atoms with Crippen LogP contribution in [0.2, 0.25) is 10.0 Å². The van der Waals surface area contributed by atoms with Crippen LogP contribution in [-0.4, -0.2) is 77.7 Å². The van der Waals surface area contributed by atoms with Crippen LogP contribution >= 0.6 is 23.2 Å². The summed E-state index contributed by atoms with van der Waals surface area (Å²) < 4.78 is 36.6. The average molecular weight is 606 g/mol. The predicted octanol–water partition coefficient (Wildman–Crippen LogP) is 1.28. The molecule has 3 rings (SSSR count). The smallest absolute Gasteiger partial charge is 0.417 e. The van der Waals surface area contributed by atoms with E-state index in [1.54, 1.807) is 0 Å². The molecule has 1 aromatic heterocycles. The number of nitrogens with zero attached hydrogens (tertiary/aromatic N) is 3. The highest BCUT2D eigenvalue weighted by atomic mass is 35.5. The molecule has 16 nitrogen and oxygen atoms in total. The second-order valence-corrected chi connectivity index (χ2v) is 8.88. The molecule has 0 bridgehead atoms. The van der Waals surface area contributed by atoms with Crippen molar-refractivity contribution in [1.82, 2.24) is 10.4 Å². The molecule has 1 amide bonds. The third kappa shape index (κ3) is 8.24. The SMILES string of the molecule is CC(=O)OC[C@H]1O[C@@H](OC(=O)Nc2n[n+](-c3ccc(Cl)c(Cl)c3)no2)[C@H](OC(C)=O)[C@@H](OC(C)=O)[C@H]1OC(C)=O. The number of hydrogen-bond donors (Lipinski definition) is 1. The van der Waals surface area contributed by atoms with E-state index in [1.807, 2.05) is 0 Å². The number of amides is 1. The number of halogens is 2. The molecule has 2 heterocycles. The van der Waals surface area contributed by atoms with Crippen molar-refractivity contribution >= 4 is 59.2 Å². The lowest BCUT2D eigenvalue weighted by Gasteiger charge is -2.43. The van der Waals surface area contributed by atoms with Crippen molar-refractivity contribution in [3.05, 3.63) is 28.2 Å². The van der Waals surface area contributed by atoms with E-state index in [4.69, 9.17) is 56.1 Å². The highest BCUT2D eigenvalue weighted by molar-refractivity contribution is 6.42. The molecule has 1 N–H and O–H groups in total. The average Bonchev–Trinajstić information content (AvgIpc) is 3.30. The minimum Gasteiger partial charge on any atom is -0.463 e. The topological polar surface area (TPSA) is 196 Å². The first kappa shape index (κ1) is 30.5. The van der Waals surface area contributed by atoms with Crippen LogP contribution in [0.15, 0.2) is 22.7 Å². The van der Waals surface area contributed by atoms with Gasteiger partial charge in [-0.15, -0.1) is 0 Å². The Morgan fingerprint density at radius 3 is 2.10 bits per heavy atom. The van der Waals surface area contributed by atoms with E-state index in [-0.39, 0.29) is 5.02 Å². The maximum atomic E-state index is 12.7. The van der Waals surface area contributed by atoms with Gasteiger partial charge in [-0.3, -0.25) is 23.7 Å². The third-order valence-electron chi connectivity index (χ3n) is 4.90. The summed E-state index contributed by atoms with van der Waals surface area (Å²) in [6.45, 7) is 3.76. The minimum atomic E-state index is -1.76. The van der Waals surface area contributed by atoms with Gasteiger partial charge in [-0.1, -0.05) is 23.2 Å². The molecule has 1 aromatic carbocycles. The maximum Gasteiger partial charge on any atom is 0.417 e. The molecule has 1 aliphatic heterocycles. The van der Waals surface area contributed by atoms with Crippen LogP contribution < -0.4 is 10.1 Å². The fourth-order valence-corrected chi connectivity index (χ4v) is 3.76. The first-order chi connectivity index (χ1) is 18.8. The predicted molar refractivity (Wildman–Crippen MR) is 128 cm³/mol. The van der Waals surface area contributed by atoms with Gasteiger partial charge in [-0.2, -0.15) is 0 Å². The van der Waals surface area contributed by atoms with Gasteiger partial charge in [-0.25, -0.2) is 10.1 Å². The van der Waals surface area contributed by atoms with Gasteiger partial charge in [0.15, 0.2) is 12.2 Å². The Bertz CT molecular complexity index is 1290. The van der Waals surface area contributed by atoms with E-state index in [0.717, 1.165) is 32.5 Å². The van der Waals surface area contributed by atoms with Crippen LogP contribution in [0.5, 0.6) is 0 Å². The summed E-state index contributed by atoms with van der Waals surface area (Å²) in [4.78, 5) is 60.7. The van der Waals surface area contributed by atoms with Gasteiger partial charge in [0, 0.05) is 39.8 Å². The lowest BCUT2D eigenvalue weighted by Crippen LogP contribution is -2.63. The van der Waals surface area contributed by atoms with Crippen LogP contribution in [-0.2, 0) is 47.6 Å². The molecule has 0 spiro atoms. The number of aromatic nitrogens is 3. The largest absolute Gasteiger partial charge is 0.463 e. The molecule has 1 fully saturated rings. The van der Waals surface area contributed by atoms with Crippen molar-refractivity contribution in [1.29, 1.82) is 0 Å². The van der Waals surface area contributed by atoms with E-state index < -0.39 is 73.3 Å². The van der Waals surface area contributed by atoms with Crippen LogP contribution in [0.1, 0.15) is 27.7 Å². The molecule has 18 heteroatoms. The quantitative estimate of drug-likeness (QED) is 0.256. The van der Waals surface area contributed by atoms with Crippen molar-refractivity contribution < 1.29 is 61.7 Å². The molecule has 1 saturated heterocycles. The number of ether oxygens (including phenoxy) is 6. The molecule has 5 atom stereocenters. The van der Waals surface area contributed by atoms with Crippen molar-refractivity contribution in [3.8, 4) is 5.69 Å².